The molecule has 0 spiro atoms. The molecule has 1 aromatic heterocycles. The van der Waals surface area contributed by atoms with E-state index in [1.807, 2.05) is 29.0 Å². The van der Waals surface area contributed by atoms with Gasteiger partial charge in [0.25, 0.3) is 0 Å². The van der Waals surface area contributed by atoms with Crippen LogP contribution in [-0.4, -0.2) is 42.7 Å². The number of likely N-dealkylation sites (N-methyl/N-ethyl adjacent to an activating group) is 1. The first kappa shape index (κ1) is 9.76. The van der Waals surface area contributed by atoms with Gasteiger partial charge in [-0.25, -0.2) is 4.98 Å². The molecule has 5 nitrogen and oxygen atoms in total. The molecule has 1 aromatic rings. The summed E-state index contributed by atoms with van der Waals surface area (Å²) in [6, 6.07) is 3.73. The van der Waals surface area contributed by atoms with E-state index in [2.05, 4.69) is 4.98 Å². The summed E-state index contributed by atoms with van der Waals surface area (Å²) in [5.41, 5.74) is 0.897. The second kappa shape index (κ2) is 3.76. The van der Waals surface area contributed by atoms with Crippen molar-refractivity contribution in [2.45, 2.75) is 0 Å². The monoisotopic (exact) mass is 207 g/mol. The van der Waals surface area contributed by atoms with Crippen molar-refractivity contribution in [1.29, 1.82) is 0 Å². The van der Waals surface area contributed by atoms with Gasteiger partial charge in [0, 0.05) is 26.3 Å². The summed E-state index contributed by atoms with van der Waals surface area (Å²) in [4.78, 5) is 18.8. The van der Waals surface area contributed by atoms with Crippen LogP contribution >= 0.6 is 0 Å². The van der Waals surface area contributed by atoms with E-state index in [4.69, 9.17) is 5.11 Å². The molecule has 0 aromatic carbocycles. The van der Waals surface area contributed by atoms with Gasteiger partial charge in [0.2, 0.25) is 0 Å². The fraction of sp³-hybridized carbons (Fsp3) is 0.400. The molecule has 2 heterocycles. The average molecular weight is 207 g/mol. The van der Waals surface area contributed by atoms with E-state index in [9.17, 15) is 4.79 Å². The van der Waals surface area contributed by atoms with E-state index in [1.165, 1.54) is 0 Å². The first-order valence-corrected chi connectivity index (χ1v) is 4.81. The van der Waals surface area contributed by atoms with Gasteiger partial charge in [-0.05, 0) is 12.1 Å². The summed E-state index contributed by atoms with van der Waals surface area (Å²) in [5.74, 6) is 0.0411. The van der Waals surface area contributed by atoms with Gasteiger partial charge in [-0.15, -0.1) is 0 Å². The number of aromatic nitrogens is 1. The van der Waals surface area contributed by atoms with Crippen LogP contribution in [0.5, 0.6) is 0 Å². The molecule has 0 atom stereocenters. The smallest absolute Gasteiger partial charge is 0.323 e. The second-order valence-electron chi connectivity index (χ2n) is 3.58. The van der Waals surface area contributed by atoms with E-state index in [0.29, 0.717) is 0 Å². The number of nitrogens with zero attached hydrogens (tertiary/aromatic N) is 3. The molecule has 15 heavy (non-hydrogen) atoms. The summed E-state index contributed by atoms with van der Waals surface area (Å²) in [6.07, 6.45) is 1.72. The Morgan fingerprint density at radius 1 is 1.60 bits per heavy atom. The molecule has 0 saturated heterocycles. The van der Waals surface area contributed by atoms with Crippen LogP contribution in [0.25, 0.3) is 0 Å². The summed E-state index contributed by atoms with van der Waals surface area (Å²) in [5, 5.41) is 8.78. The third-order valence-electron chi connectivity index (χ3n) is 2.50. The fourth-order valence-electron chi connectivity index (χ4n) is 1.75. The Morgan fingerprint density at radius 3 is 3.13 bits per heavy atom. The number of hydrogen-bond donors (Lipinski definition) is 1. The minimum Gasteiger partial charge on any atom is -0.480 e. The van der Waals surface area contributed by atoms with E-state index >= 15 is 0 Å². The van der Waals surface area contributed by atoms with Crippen molar-refractivity contribution in [2.75, 3.05) is 36.5 Å². The largest absolute Gasteiger partial charge is 0.480 e. The first-order valence-electron chi connectivity index (χ1n) is 4.81. The first-order chi connectivity index (χ1) is 7.18. The standard InChI is InChI=1S/C10H13N3O2/c1-12-5-6-13(7-9(14)15)8-3-2-4-11-10(8)12/h2-4H,5-7H2,1H3,(H,14,15). The molecule has 0 bridgehead atoms. The normalized spacial score (nSPS) is 15.0. The van der Waals surface area contributed by atoms with Crippen molar-refractivity contribution in [3.63, 3.8) is 0 Å². The van der Waals surface area contributed by atoms with Gasteiger partial charge < -0.3 is 14.9 Å². The van der Waals surface area contributed by atoms with E-state index in [0.717, 1.165) is 24.6 Å². The molecule has 1 N–H and O–H groups in total. The van der Waals surface area contributed by atoms with Crippen LogP contribution < -0.4 is 9.80 Å². The van der Waals surface area contributed by atoms with Crippen LogP contribution in [0.15, 0.2) is 18.3 Å². The van der Waals surface area contributed by atoms with Gasteiger partial charge in [0.1, 0.15) is 6.54 Å². The predicted octanol–water partition coefficient (Wildman–Crippen LogP) is 0.422. The zero-order chi connectivity index (χ0) is 10.8. The molecule has 1 aliphatic rings. The Labute approximate surface area is 87.9 Å². The molecule has 0 aliphatic carbocycles. The van der Waals surface area contributed by atoms with Crippen LogP contribution in [0.1, 0.15) is 0 Å². The number of anilines is 2. The average Bonchev–Trinajstić information content (AvgIpc) is 2.22. The lowest BCUT2D eigenvalue weighted by Gasteiger charge is -2.34. The molecule has 0 radical (unpaired) electrons. The Balaban J connectivity index is 2.31. The number of carbonyl (C=O) groups is 1. The third-order valence-corrected chi connectivity index (χ3v) is 2.50. The molecule has 0 fully saturated rings. The number of fused-ring (bicyclic) bond motifs is 1. The highest BCUT2D eigenvalue weighted by Gasteiger charge is 2.22. The maximum absolute atomic E-state index is 10.7. The number of pyridine rings is 1. The zero-order valence-electron chi connectivity index (χ0n) is 8.55. The van der Waals surface area contributed by atoms with Gasteiger partial charge in [0.15, 0.2) is 5.82 Å². The minimum atomic E-state index is -0.811. The molecule has 2 rings (SSSR count). The van der Waals surface area contributed by atoms with Crippen molar-refractivity contribution in [3.05, 3.63) is 18.3 Å². The summed E-state index contributed by atoms with van der Waals surface area (Å²) in [6.45, 7) is 1.56. The van der Waals surface area contributed by atoms with E-state index in [-0.39, 0.29) is 6.54 Å². The highest BCUT2D eigenvalue weighted by molar-refractivity contribution is 5.78. The number of rotatable bonds is 2. The Bertz CT molecular complexity index is 381. The molecule has 0 saturated carbocycles. The van der Waals surface area contributed by atoms with Crippen molar-refractivity contribution in [3.8, 4) is 0 Å². The lowest BCUT2D eigenvalue weighted by Crippen LogP contribution is -2.42. The number of carboxylic acids is 1. The highest BCUT2D eigenvalue weighted by Crippen LogP contribution is 2.28. The quantitative estimate of drug-likeness (QED) is 0.761. The second-order valence-corrected chi connectivity index (χ2v) is 3.58. The van der Waals surface area contributed by atoms with Crippen LogP contribution in [0, 0.1) is 0 Å². The van der Waals surface area contributed by atoms with Crippen molar-refractivity contribution < 1.29 is 9.90 Å². The topological polar surface area (TPSA) is 56.7 Å². The minimum absolute atomic E-state index is 0.0343. The summed E-state index contributed by atoms with van der Waals surface area (Å²) >= 11 is 0. The number of carboxylic acid groups (broad SMARTS) is 1. The number of aliphatic carboxylic acids is 1. The lowest BCUT2D eigenvalue weighted by atomic mass is 10.2. The van der Waals surface area contributed by atoms with Crippen molar-refractivity contribution >= 4 is 17.5 Å². The van der Waals surface area contributed by atoms with E-state index in [1.54, 1.807) is 6.20 Å². The van der Waals surface area contributed by atoms with Gasteiger partial charge in [-0.3, -0.25) is 4.79 Å². The SMILES string of the molecule is CN1CCN(CC(=O)O)c2cccnc21. The van der Waals surface area contributed by atoms with Crippen LogP contribution in [0.4, 0.5) is 11.5 Å². The summed E-state index contributed by atoms with van der Waals surface area (Å²) < 4.78 is 0. The van der Waals surface area contributed by atoms with Crippen LogP contribution in [0.3, 0.4) is 0 Å². The maximum atomic E-state index is 10.7. The van der Waals surface area contributed by atoms with Gasteiger partial charge in [-0.1, -0.05) is 0 Å². The van der Waals surface area contributed by atoms with Gasteiger partial charge in [-0.2, -0.15) is 0 Å². The van der Waals surface area contributed by atoms with Gasteiger partial charge in [0.05, 0.1) is 5.69 Å². The van der Waals surface area contributed by atoms with Crippen molar-refractivity contribution in [2.24, 2.45) is 0 Å². The van der Waals surface area contributed by atoms with Gasteiger partial charge >= 0.3 is 5.97 Å². The molecule has 5 heteroatoms. The Hall–Kier alpha value is -1.78. The lowest BCUT2D eigenvalue weighted by molar-refractivity contribution is -0.135. The molecule has 0 amide bonds. The number of hydrogen-bond acceptors (Lipinski definition) is 4. The predicted molar refractivity (Wildman–Crippen MR) is 57.4 cm³/mol. The molecule has 0 unspecified atom stereocenters. The third kappa shape index (κ3) is 1.86. The molecule has 1 aliphatic heterocycles. The summed E-state index contributed by atoms with van der Waals surface area (Å²) in [7, 11) is 1.96. The zero-order valence-corrected chi connectivity index (χ0v) is 8.55. The molecular weight excluding hydrogens is 194 g/mol. The highest BCUT2D eigenvalue weighted by atomic mass is 16.4. The van der Waals surface area contributed by atoms with E-state index < -0.39 is 5.97 Å². The van der Waals surface area contributed by atoms with Crippen LogP contribution in [-0.2, 0) is 4.79 Å². The Morgan fingerprint density at radius 2 is 2.40 bits per heavy atom. The maximum Gasteiger partial charge on any atom is 0.323 e. The molecular formula is C10H13N3O2. The fourth-order valence-corrected chi connectivity index (χ4v) is 1.75. The molecule has 80 valence electrons. The van der Waals surface area contributed by atoms with Crippen molar-refractivity contribution in [1.82, 2.24) is 4.98 Å². The Kier molecular flexibility index (Phi) is 2.45. The van der Waals surface area contributed by atoms with Crippen LogP contribution in [0.2, 0.25) is 0 Å².